The third-order valence-electron chi connectivity index (χ3n) is 2.53. The molecule has 2 nitrogen and oxygen atoms in total. The van der Waals surface area contributed by atoms with Crippen molar-refractivity contribution in [3.05, 3.63) is 50.6 Å². The summed E-state index contributed by atoms with van der Waals surface area (Å²) in [5.74, 6) is 0. The van der Waals surface area contributed by atoms with E-state index in [1.807, 2.05) is 18.2 Å². The van der Waals surface area contributed by atoms with Crippen LogP contribution in [0, 0.1) is 11.3 Å². The second-order valence-corrected chi connectivity index (χ2v) is 6.12. The van der Waals surface area contributed by atoms with Gasteiger partial charge in [-0.05, 0) is 36.6 Å². The molecule has 0 aliphatic rings. The average molecular weight is 321 g/mol. The number of hydrogen-bond donors (Lipinski definition) is 1. The number of nitrogens with zero attached hydrogens (tertiary/aromatic N) is 1. The van der Waals surface area contributed by atoms with E-state index in [1.165, 1.54) is 4.88 Å². The minimum Gasteiger partial charge on any atom is -0.382 e. The van der Waals surface area contributed by atoms with E-state index < -0.39 is 0 Å². The first-order chi connectivity index (χ1) is 8.67. The maximum Gasteiger partial charge on any atom is 0.0992 e. The molecule has 1 N–H and O–H groups in total. The highest BCUT2D eigenvalue weighted by molar-refractivity contribution is 9.10. The predicted molar refractivity (Wildman–Crippen MR) is 80.0 cm³/mol. The van der Waals surface area contributed by atoms with Crippen molar-refractivity contribution in [1.82, 2.24) is 0 Å². The van der Waals surface area contributed by atoms with Crippen molar-refractivity contribution >= 4 is 33.0 Å². The van der Waals surface area contributed by atoms with Gasteiger partial charge in [0.1, 0.15) is 0 Å². The minimum absolute atomic E-state index is 0.337. The smallest absolute Gasteiger partial charge is 0.0992 e. The molecule has 0 spiro atoms. The van der Waals surface area contributed by atoms with Crippen LogP contribution in [0.15, 0.2) is 40.2 Å². The molecule has 1 atom stereocenters. The number of benzene rings is 1. The highest BCUT2D eigenvalue weighted by Gasteiger charge is 2.06. The zero-order chi connectivity index (χ0) is 13.0. The van der Waals surface area contributed by atoms with Crippen LogP contribution < -0.4 is 5.32 Å². The van der Waals surface area contributed by atoms with Crippen molar-refractivity contribution in [2.24, 2.45) is 0 Å². The van der Waals surface area contributed by atoms with Gasteiger partial charge in [-0.1, -0.05) is 22.0 Å². The van der Waals surface area contributed by atoms with Crippen LogP contribution in [0.4, 0.5) is 5.69 Å². The zero-order valence-corrected chi connectivity index (χ0v) is 12.4. The second kappa shape index (κ2) is 6.03. The van der Waals surface area contributed by atoms with E-state index >= 15 is 0 Å². The molecule has 18 heavy (non-hydrogen) atoms. The topological polar surface area (TPSA) is 35.8 Å². The quantitative estimate of drug-likeness (QED) is 0.904. The van der Waals surface area contributed by atoms with E-state index in [-0.39, 0.29) is 0 Å². The van der Waals surface area contributed by atoms with Gasteiger partial charge in [-0.25, -0.2) is 0 Å². The molecule has 4 heteroatoms. The van der Waals surface area contributed by atoms with Gasteiger partial charge < -0.3 is 5.32 Å². The molecule has 0 aliphatic heterocycles. The minimum atomic E-state index is 0.337. The molecule has 0 fully saturated rings. The summed E-state index contributed by atoms with van der Waals surface area (Å²) in [5, 5.41) is 14.4. The van der Waals surface area contributed by atoms with Gasteiger partial charge in [-0.2, -0.15) is 5.26 Å². The summed E-state index contributed by atoms with van der Waals surface area (Å²) in [6, 6.07) is 12.4. The molecule has 1 aromatic carbocycles. The first-order valence-corrected chi connectivity index (χ1v) is 7.34. The van der Waals surface area contributed by atoms with Gasteiger partial charge in [-0.15, -0.1) is 11.3 Å². The van der Waals surface area contributed by atoms with Gasteiger partial charge in [0.15, 0.2) is 0 Å². The van der Waals surface area contributed by atoms with Crippen molar-refractivity contribution in [3.63, 3.8) is 0 Å². The normalized spacial score (nSPS) is 11.8. The van der Waals surface area contributed by atoms with Crippen molar-refractivity contribution in [1.29, 1.82) is 5.26 Å². The van der Waals surface area contributed by atoms with E-state index in [0.29, 0.717) is 11.6 Å². The molecule has 0 bridgehead atoms. The number of anilines is 1. The largest absolute Gasteiger partial charge is 0.382 e. The molecule has 0 aliphatic carbocycles. The SMILES string of the molecule is CC(Cc1cccs1)Nc1cc(Br)cc(C#N)c1. The maximum atomic E-state index is 8.93. The first-order valence-electron chi connectivity index (χ1n) is 5.67. The lowest BCUT2D eigenvalue weighted by Gasteiger charge is -2.15. The van der Waals surface area contributed by atoms with E-state index in [9.17, 15) is 0 Å². The van der Waals surface area contributed by atoms with Gasteiger partial charge in [0.05, 0.1) is 11.6 Å². The molecular weight excluding hydrogens is 308 g/mol. The number of rotatable bonds is 4. The Bertz CT molecular complexity index is 558. The molecule has 1 aromatic heterocycles. The molecule has 0 saturated carbocycles. The molecule has 0 saturated heterocycles. The zero-order valence-electron chi connectivity index (χ0n) is 9.98. The Kier molecular flexibility index (Phi) is 4.40. The van der Waals surface area contributed by atoms with Crippen LogP contribution in [0.1, 0.15) is 17.4 Å². The first kappa shape index (κ1) is 13.1. The van der Waals surface area contributed by atoms with Crippen LogP contribution in [0.5, 0.6) is 0 Å². The van der Waals surface area contributed by atoms with E-state index in [2.05, 4.69) is 51.8 Å². The fourth-order valence-corrected chi connectivity index (χ4v) is 3.13. The molecule has 92 valence electrons. The number of hydrogen-bond acceptors (Lipinski definition) is 3. The Hall–Kier alpha value is -1.31. The van der Waals surface area contributed by atoms with E-state index in [0.717, 1.165) is 16.6 Å². The highest BCUT2D eigenvalue weighted by atomic mass is 79.9. The summed E-state index contributed by atoms with van der Waals surface area (Å²) in [7, 11) is 0. The summed E-state index contributed by atoms with van der Waals surface area (Å²) < 4.78 is 0.923. The summed E-state index contributed by atoms with van der Waals surface area (Å²) >= 11 is 5.19. The standard InChI is InChI=1S/C14H13BrN2S/c1-10(5-14-3-2-4-18-14)17-13-7-11(9-16)6-12(15)8-13/h2-4,6-8,10,17H,5H2,1H3. The lowest BCUT2D eigenvalue weighted by Crippen LogP contribution is -2.17. The van der Waals surface area contributed by atoms with Gasteiger partial charge in [0, 0.05) is 27.5 Å². The Balaban J connectivity index is 2.05. The van der Waals surface area contributed by atoms with Crippen LogP contribution >= 0.6 is 27.3 Å². The third kappa shape index (κ3) is 3.59. The van der Waals surface area contributed by atoms with Crippen LogP contribution in [0.25, 0.3) is 0 Å². The summed E-state index contributed by atoms with van der Waals surface area (Å²) in [6.45, 7) is 2.15. The number of halogens is 1. The lowest BCUT2D eigenvalue weighted by atomic mass is 10.1. The maximum absolute atomic E-state index is 8.93. The van der Waals surface area contributed by atoms with Crippen LogP contribution in [-0.2, 0) is 6.42 Å². The van der Waals surface area contributed by atoms with Gasteiger partial charge in [-0.3, -0.25) is 0 Å². The number of nitriles is 1. The molecular formula is C14H13BrN2S. The van der Waals surface area contributed by atoms with Crippen molar-refractivity contribution in [2.75, 3.05) is 5.32 Å². The molecule has 2 aromatic rings. The van der Waals surface area contributed by atoms with Crippen molar-refractivity contribution < 1.29 is 0 Å². The van der Waals surface area contributed by atoms with E-state index in [1.54, 1.807) is 11.3 Å². The fraction of sp³-hybridized carbons (Fsp3) is 0.214. The molecule has 1 heterocycles. The van der Waals surface area contributed by atoms with Crippen LogP contribution in [0.2, 0.25) is 0 Å². The van der Waals surface area contributed by atoms with Gasteiger partial charge >= 0.3 is 0 Å². The Labute approximate surface area is 119 Å². The molecule has 2 rings (SSSR count). The van der Waals surface area contributed by atoms with E-state index in [4.69, 9.17) is 5.26 Å². The monoisotopic (exact) mass is 320 g/mol. The van der Waals surface area contributed by atoms with Crippen molar-refractivity contribution in [2.45, 2.75) is 19.4 Å². The van der Waals surface area contributed by atoms with Crippen LogP contribution in [-0.4, -0.2) is 6.04 Å². The summed E-state index contributed by atoms with van der Waals surface area (Å²) in [4.78, 5) is 1.37. The van der Waals surface area contributed by atoms with Gasteiger partial charge in [0.2, 0.25) is 0 Å². The Morgan fingerprint density at radius 1 is 1.44 bits per heavy atom. The second-order valence-electron chi connectivity index (χ2n) is 4.17. The molecule has 1 unspecified atom stereocenters. The summed E-state index contributed by atoms with van der Waals surface area (Å²) in [5.41, 5.74) is 1.64. The third-order valence-corrected chi connectivity index (χ3v) is 3.88. The lowest BCUT2D eigenvalue weighted by molar-refractivity contribution is 0.800. The van der Waals surface area contributed by atoms with Gasteiger partial charge in [0.25, 0.3) is 0 Å². The summed E-state index contributed by atoms with van der Waals surface area (Å²) in [6.07, 6.45) is 0.992. The predicted octanol–water partition coefficient (Wildman–Crippen LogP) is 4.43. The highest BCUT2D eigenvalue weighted by Crippen LogP contribution is 2.21. The number of nitrogens with one attached hydrogen (secondary N) is 1. The average Bonchev–Trinajstić information content (AvgIpc) is 2.80. The fourth-order valence-electron chi connectivity index (χ4n) is 1.80. The molecule has 0 radical (unpaired) electrons. The Morgan fingerprint density at radius 3 is 2.94 bits per heavy atom. The Morgan fingerprint density at radius 2 is 2.28 bits per heavy atom. The van der Waals surface area contributed by atoms with Crippen LogP contribution in [0.3, 0.4) is 0 Å². The molecule has 0 amide bonds. The van der Waals surface area contributed by atoms with Crippen molar-refractivity contribution in [3.8, 4) is 6.07 Å². The number of thiophene rings is 1.